The van der Waals surface area contributed by atoms with E-state index in [1.165, 1.54) is 0 Å². The Bertz CT molecular complexity index is 389. The second-order valence-corrected chi connectivity index (χ2v) is 7.02. The van der Waals surface area contributed by atoms with Crippen LogP contribution in [0.3, 0.4) is 0 Å². The Morgan fingerprint density at radius 2 is 1.84 bits per heavy atom. The number of methoxy groups -OCH3 is 1. The molecule has 1 heterocycles. The van der Waals surface area contributed by atoms with Crippen molar-refractivity contribution in [2.24, 2.45) is 16.3 Å². The first-order valence-electron chi connectivity index (χ1n) is 7.24. The zero-order chi connectivity index (χ0) is 14.3. The highest BCUT2D eigenvalue weighted by atomic mass is 16.5. The summed E-state index contributed by atoms with van der Waals surface area (Å²) in [6, 6.07) is -0.253. The molecule has 1 amide bonds. The van der Waals surface area contributed by atoms with Crippen molar-refractivity contribution in [3.63, 3.8) is 0 Å². The van der Waals surface area contributed by atoms with Crippen LogP contribution in [-0.2, 0) is 9.53 Å². The molecule has 4 heteroatoms. The maximum absolute atomic E-state index is 12.0. The highest BCUT2D eigenvalue weighted by molar-refractivity contribution is 6.09. The van der Waals surface area contributed by atoms with E-state index < -0.39 is 0 Å². The molecule has 1 aliphatic heterocycles. The lowest BCUT2D eigenvalue weighted by molar-refractivity contribution is -0.121. The maximum atomic E-state index is 12.0. The van der Waals surface area contributed by atoms with Crippen molar-refractivity contribution in [2.45, 2.75) is 65.0 Å². The molecule has 19 heavy (non-hydrogen) atoms. The van der Waals surface area contributed by atoms with Crippen LogP contribution in [0.1, 0.15) is 53.4 Å². The smallest absolute Gasteiger partial charge is 0.250 e. The fourth-order valence-electron chi connectivity index (χ4n) is 2.97. The van der Waals surface area contributed by atoms with Crippen molar-refractivity contribution >= 4 is 11.7 Å². The Labute approximate surface area is 116 Å². The molecule has 1 atom stereocenters. The number of carbonyl (C=O) groups is 1. The quantitative estimate of drug-likeness (QED) is 0.853. The largest absolute Gasteiger partial charge is 0.370 e. The minimum absolute atomic E-state index is 0.0197. The predicted octanol–water partition coefficient (Wildman–Crippen LogP) is 2.52. The SMILES string of the molecule is COC1(C2=NC(C(C)C)C(=O)N2)CCC(C)(C)CC1. The molecule has 108 valence electrons. The van der Waals surface area contributed by atoms with Gasteiger partial charge in [0.25, 0.3) is 0 Å². The van der Waals surface area contributed by atoms with Gasteiger partial charge in [-0.15, -0.1) is 0 Å². The molecule has 0 saturated heterocycles. The van der Waals surface area contributed by atoms with Gasteiger partial charge in [-0.1, -0.05) is 27.7 Å². The van der Waals surface area contributed by atoms with Crippen LogP contribution in [0.5, 0.6) is 0 Å². The number of hydrogen-bond donors (Lipinski definition) is 1. The third-order valence-corrected chi connectivity index (χ3v) is 4.64. The van der Waals surface area contributed by atoms with Crippen LogP contribution >= 0.6 is 0 Å². The molecular weight excluding hydrogens is 240 g/mol. The average Bonchev–Trinajstić information content (AvgIpc) is 2.73. The molecule has 2 aliphatic rings. The van der Waals surface area contributed by atoms with Crippen molar-refractivity contribution < 1.29 is 9.53 Å². The Balaban J connectivity index is 2.20. The van der Waals surface area contributed by atoms with Gasteiger partial charge in [-0.05, 0) is 37.0 Å². The van der Waals surface area contributed by atoms with Crippen LogP contribution in [0.15, 0.2) is 4.99 Å². The standard InChI is InChI=1S/C15H26N2O2/c1-10(2)11-12(18)17-13(16-11)15(19-5)8-6-14(3,4)7-9-15/h10-11H,6-9H2,1-5H3,(H,16,17,18). The van der Waals surface area contributed by atoms with Crippen LogP contribution < -0.4 is 5.32 Å². The third-order valence-electron chi connectivity index (χ3n) is 4.64. The summed E-state index contributed by atoms with van der Waals surface area (Å²) >= 11 is 0. The van der Waals surface area contributed by atoms with E-state index in [2.05, 4.69) is 24.2 Å². The topological polar surface area (TPSA) is 50.7 Å². The summed E-state index contributed by atoms with van der Waals surface area (Å²) < 4.78 is 5.79. The maximum Gasteiger partial charge on any atom is 0.250 e. The van der Waals surface area contributed by atoms with E-state index >= 15 is 0 Å². The van der Waals surface area contributed by atoms with Gasteiger partial charge in [-0.25, -0.2) is 0 Å². The van der Waals surface area contributed by atoms with Gasteiger partial charge in [0.15, 0.2) is 0 Å². The number of amidine groups is 1. The Kier molecular flexibility index (Phi) is 3.74. The Morgan fingerprint density at radius 3 is 2.26 bits per heavy atom. The van der Waals surface area contributed by atoms with Gasteiger partial charge in [-0.2, -0.15) is 0 Å². The number of nitrogens with zero attached hydrogens (tertiary/aromatic N) is 1. The number of ether oxygens (including phenoxy) is 1. The van der Waals surface area contributed by atoms with Crippen molar-refractivity contribution in [1.29, 1.82) is 0 Å². The van der Waals surface area contributed by atoms with E-state index in [1.807, 2.05) is 13.8 Å². The van der Waals surface area contributed by atoms with Gasteiger partial charge >= 0.3 is 0 Å². The lowest BCUT2D eigenvalue weighted by Crippen LogP contribution is -2.51. The van der Waals surface area contributed by atoms with E-state index in [0.717, 1.165) is 31.5 Å². The average molecular weight is 266 g/mol. The molecule has 1 unspecified atom stereocenters. The van der Waals surface area contributed by atoms with Gasteiger partial charge in [0.2, 0.25) is 5.91 Å². The number of carbonyl (C=O) groups excluding carboxylic acids is 1. The second-order valence-electron chi connectivity index (χ2n) is 7.02. The molecule has 1 saturated carbocycles. The molecule has 1 aliphatic carbocycles. The van der Waals surface area contributed by atoms with Gasteiger partial charge < -0.3 is 10.1 Å². The van der Waals surface area contributed by atoms with E-state index in [0.29, 0.717) is 5.41 Å². The van der Waals surface area contributed by atoms with Crippen LogP contribution in [-0.4, -0.2) is 30.5 Å². The van der Waals surface area contributed by atoms with Gasteiger partial charge in [-0.3, -0.25) is 9.79 Å². The Hall–Kier alpha value is -0.900. The fourth-order valence-corrected chi connectivity index (χ4v) is 2.97. The molecule has 2 rings (SSSR count). The summed E-state index contributed by atoms with van der Waals surface area (Å²) in [5, 5.41) is 2.96. The minimum Gasteiger partial charge on any atom is -0.370 e. The number of hydrogen-bond acceptors (Lipinski definition) is 3. The first kappa shape index (κ1) is 14.5. The van der Waals surface area contributed by atoms with Gasteiger partial charge in [0.05, 0.1) is 0 Å². The summed E-state index contributed by atoms with van der Waals surface area (Å²) in [6.45, 7) is 8.64. The number of nitrogens with one attached hydrogen (secondary N) is 1. The van der Waals surface area contributed by atoms with Crippen LogP contribution in [0.25, 0.3) is 0 Å². The molecule has 1 fully saturated rings. The highest BCUT2D eigenvalue weighted by Gasteiger charge is 2.46. The molecule has 0 bridgehead atoms. The second kappa shape index (κ2) is 4.89. The van der Waals surface area contributed by atoms with Crippen molar-refractivity contribution in [3.8, 4) is 0 Å². The van der Waals surface area contributed by atoms with Crippen LogP contribution in [0, 0.1) is 11.3 Å². The predicted molar refractivity (Wildman–Crippen MR) is 76.2 cm³/mol. The van der Waals surface area contributed by atoms with E-state index in [9.17, 15) is 4.79 Å². The molecule has 0 aromatic carbocycles. The lowest BCUT2D eigenvalue weighted by atomic mass is 9.70. The fraction of sp³-hybridized carbons (Fsp3) is 0.867. The summed E-state index contributed by atoms with van der Waals surface area (Å²) in [6.07, 6.45) is 4.06. The molecule has 0 aromatic heterocycles. The molecule has 1 N–H and O–H groups in total. The van der Waals surface area contributed by atoms with Crippen molar-refractivity contribution in [3.05, 3.63) is 0 Å². The summed E-state index contributed by atoms with van der Waals surface area (Å²) in [7, 11) is 1.73. The molecule has 0 spiro atoms. The minimum atomic E-state index is -0.380. The molecular formula is C15H26N2O2. The summed E-state index contributed by atoms with van der Waals surface area (Å²) in [4.78, 5) is 16.6. The Morgan fingerprint density at radius 1 is 1.26 bits per heavy atom. The van der Waals surface area contributed by atoms with Gasteiger partial charge in [0.1, 0.15) is 17.5 Å². The van der Waals surface area contributed by atoms with Gasteiger partial charge in [0, 0.05) is 7.11 Å². The zero-order valence-electron chi connectivity index (χ0n) is 12.7. The monoisotopic (exact) mass is 266 g/mol. The van der Waals surface area contributed by atoms with Crippen molar-refractivity contribution in [2.75, 3.05) is 7.11 Å². The van der Waals surface area contributed by atoms with Crippen molar-refractivity contribution in [1.82, 2.24) is 5.32 Å². The third kappa shape index (κ3) is 2.69. The zero-order valence-corrected chi connectivity index (χ0v) is 12.7. The highest BCUT2D eigenvalue weighted by Crippen LogP contribution is 2.42. The number of aliphatic imine (C=N–C) groups is 1. The molecule has 0 radical (unpaired) electrons. The van der Waals surface area contributed by atoms with E-state index in [1.54, 1.807) is 7.11 Å². The first-order chi connectivity index (χ1) is 8.80. The normalized spacial score (nSPS) is 29.3. The lowest BCUT2D eigenvalue weighted by Gasteiger charge is -2.42. The number of rotatable bonds is 3. The molecule has 4 nitrogen and oxygen atoms in total. The summed E-state index contributed by atoms with van der Waals surface area (Å²) in [5.41, 5.74) is -0.0164. The summed E-state index contributed by atoms with van der Waals surface area (Å²) in [5.74, 6) is 1.01. The van der Waals surface area contributed by atoms with E-state index in [-0.39, 0.29) is 23.5 Å². The van der Waals surface area contributed by atoms with E-state index in [4.69, 9.17) is 4.74 Å². The van der Waals surface area contributed by atoms with Crippen LogP contribution in [0.2, 0.25) is 0 Å². The number of amides is 1. The first-order valence-corrected chi connectivity index (χ1v) is 7.24. The van der Waals surface area contributed by atoms with Crippen LogP contribution in [0.4, 0.5) is 0 Å². The molecule has 0 aromatic rings.